The first-order chi connectivity index (χ1) is 8.69. The number of aliphatic hydroxyl groups is 1. The van der Waals surface area contributed by atoms with Crippen LogP contribution in [0, 0.1) is 18.8 Å². The molecule has 1 rings (SSSR count). The maximum atomic E-state index is 11.8. The van der Waals surface area contributed by atoms with Crippen molar-refractivity contribution in [3.63, 3.8) is 0 Å². The number of aryl methyl sites for hydroxylation is 1. The van der Waals surface area contributed by atoms with Crippen LogP contribution in [-0.4, -0.2) is 24.2 Å². The van der Waals surface area contributed by atoms with E-state index < -0.39 is 0 Å². The summed E-state index contributed by atoms with van der Waals surface area (Å²) in [5.41, 5.74) is 1.02. The van der Waals surface area contributed by atoms with Crippen LogP contribution in [-0.2, 0) is 0 Å². The fraction of sp³-hybridized carbons (Fsp3) is 0.500. The van der Waals surface area contributed by atoms with Gasteiger partial charge in [0, 0.05) is 13.0 Å². The van der Waals surface area contributed by atoms with Crippen molar-refractivity contribution in [1.29, 1.82) is 0 Å². The number of carbonyl (C=O) groups excluding carboxylic acids is 1. The van der Waals surface area contributed by atoms with Crippen LogP contribution in [0.25, 0.3) is 0 Å². The lowest BCUT2D eigenvalue weighted by Crippen LogP contribution is -2.23. The number of carbonyl (C=O) groups is 1. The van der Waals surface area contributed by atoms with Gasteiger partial charge in [0.25, 0.3) is 5.91 Å². The molecule has 0 atom stereocenters. The van der Waals surface area contributed by atoms with E-state index in [1.807, 2.05) is 13.0 Å². The van der Waals surface area contributed by atoms with Crippen LogP contribution >= 0.6 is 11.3 Å². The number of hydrogen-bond acceptors (Lipinski definition) is 3. The summed E-state index contributed by atoms with van der Waals surface area (Å²) in [6, 6.07) is 1.87. The Balaban J connectivity index is 2.66. The van der Waals surface area contributed by atoms with E-state index in [9.17, 15) is 4.79 Å². The van der Waals surface area contributed by atoms with Crippen molar-refractivity contribution in [3.05, 3.63) is 21.4 Å². The number of rotatable bonds is 5. The molecule has 1 amide bonds. The SMILES string of the molecule is CCCCNC(=O)c1cc(C)c(C#CCCO)s1. The van der Waals surface area contributed by atoms with Gasteiger partial charge < -0.3 is 10.4 Å². The van der Waals surface area contributed by atoms with Gasteiger partial charge in [0.05, 0.1) is 16.4 Å². The Morgan fingerprint density at radius 3 is 3.00 bits per heavy atom. The predicted molar refractivity (Wildman–Crippen MR) is 74.9 cm³/mol. The molecule has 0 aromatic carbocycles. The summed E-state index contributed by atoms with van der Waals surface area (Å²) in [6.45, 7) is 4.83. The van der Waals surface area contributed by atoms with E-state index >= 15 is 0 Å². The molecule has 0 aliphatic carbocycles. The lowest BCUT2D eigenvalue weighted by molar-refractivity contribution is 0.0957. The first-order valence-electron chi connectivity index (χ1n) is 6.17. The minimum atomic E-state index is -0.0215. The molecule has 0 saturated heterocycles. The highest BCUT2D eigenvalue weighted by molar-refractivity contribution is 7.14. The molecular formula is C14H19NO2S. The quantitative estimate of drug-likeness (QED) is 0.634. The van der Waals surface area contributed by atoms with Gasteiger partial charge in [0.15, 0.2) is 0 Å². The van der Waals surface area contributed by atoms with Gasteiger partial charge in [-0.05, 0) is 25.0 Å². The van der Waals surface area contributed by atoms with Crippen molar-refractivity contribution in [2.75, 3.05) is 13.2 Å². The molecule has 1 aromatic rings. The Hall–Kier alpha value is -1.31. The Labute approximate surface area is 112 Å². The zero-order valence-electron chi connectivity index (χ0n) is 10.9. The molecule has 0 unspecified atom stereocenters. The van der Waals surface area contributed by atoms with Gasteiger partial charge in [-0.3, -0.25) is 4.79 Å². The number of aliphatic hydroxyl groups excluding tert-OH is 1. The van der Waals surface area contributed by atoms with Crippen molar-refractivity contribution in [2.24, 2.45) is 0 Å². The van der Waals surface area contributed by atoms with E-state index in [4.69, 9.17) is 5.11 Å². The van der Waals surface area contributed by atoms with Gasteiger partial charge >= 0.3 is 0 Å². The molecule has 0 aliphatic heterocycles. The molecule has 2 N–H and O–H groups in total. The second-order valence-corrected chi connectivity index (χ2v) is 5.06. The summed E-state index contributed by atoms with van der Waals surface area (Å²) < 4.78 is 0. The molecule has 0 saturated carbocycles. The number of hydrogen-bond donors (Lipinski definition) is 2. The summed E-state index contributed by atoms with van der Waals surface area (Å²) in [5, 5.41) is 11.6. The monoisotopic (exact) mass is 265 g/mol. The third-order valence-corrected chi connectivity index (χ3v) is 3.55. The average Bonchev–Trinajstić information content (AvgIpc) is 2.72. The minimum absolute atomic E-state index is 0.0215. The van der Waals surface area contributed by atoms with Gasteiger partial charge in [-0.25, -0.2) is 0 Å². The Kier molecular flexibility index (Phi) is 6.48. The molecule has 3 nitrogen and oxygen atoms in total. The van der Waals surface area contributed by atoms with Crippen molar-refractivity contribution in [3.8, 4) is 11.8 Å². The zero-order valence-corrected chi connectivity index (χ0v) is 11.7. The van der Waals surface area contributed by atoms with Crippen LogP contribution in [0.4, 0.5) is 0 Å². The molecule has 1 heterocycles. The van der Waals surface area contributed by atoms with E-state index in [1.54, 1.807) is 0 Å². The molecule has 4 heteroatoms. The molecule has 0 bridgehead atoms. The van der Waals surface area contributed by atoms with Crippen LogP contribution in [0.1, 0.15) is 46.3 Å². The van der Waals surface area contributed by atoms with E-state index in [0.717, 1.165) is 29.8 Å². The van der Waals surface area contributed by atoms with E-state index in [1.165, 1.54) is 11.3 Å². The van der Waals surface area contributed by atoms with Crippen LogP contribution in [0.15, 0.2) is 6.07 Å². The van der Waals surface area contributed by atoms with Crippen LogP contribution in [0.5, 0.6) is 0 Å². The molecule has 0 aliphatic rings. The summed E-state index contributed by atoms with van der Waals surface area (Å²) in [4.78, 5) is 13.4. The van der Waals surface area contributed by atoms with Crippen molar-refractivity contribution in [1.82, 2.24) is 5.32 Å². The first-order valence-corrected chi connectivity index (χ1v) is 6.99. The second kappa shape index (κ2) is 7.91. The third kappa shape index (κ3) is 4.52. The highest BCUT2D eigenvalue weighted by Crippen LogP contribution is 2.20. The smallest absolute Gasteiger partial charge is 0.261 e. The van der Waals surface area contributed by atoms with Gasteiger partial charge in [-0.15, -0.1) is 11.3 Å². The number of nitrogens with one attached hydrogen (secondary N) is 1. The summed E-state index contributed by atoms with van der Waals surface area (Å²) in [5.74, 6) is 5.84. The molecular weight excluding hydrogens is 246 g/mol. The summed E-state index contributed by atoms with van der Waals surface area (Å²) >= 11 is 1.41. The van der Waals surface area contributed by atoms with E-state index in [-0.39, 0.29) is 12.5 Å². The van der Waals surface area contributed by atoms with Crippen molar-refractivity contribution < 1.29 is 9.90 Å². The van der Waals surface area contributed by atoms with Crippen LogP contribution < -0.4 is 5.32 Å². The highest BCUT2D eigenvalue weighted by Gasteiger charge is 2.10. The Bertz CT molecular complexity index is 454. The number of thiophene rings is 1. The summed E-state index contributed by atoms with van der Waals surface area (Å²) in [7, 11) is 0. The molecule has 98 valence electrons. The van der Waals surface area contributed by atoms with Gasteiger partial charge in [0.1, 0.15) is 0 Å². The fourth-order valence-corrected chi connectivity index (χ4v) is 2.35. The average molecular weight is 265 g/mol. The molecule has 0 radical (unpaired) electrons. The van der Waals surface area contributed by atoms with Gasteiger partial charge in [-0.1, -0.05) is 25.2 Å². The fourth-order valence-electron chi connectivity index (χ4n) is 1.38. The van der Waals surface area contributed by atoms with Crippen molar-refractivity contribution >= 4 is 17.2 Å². The normalized spacial score (nSPS) is 9.72. The molecule has 0 spiro atoms. The minimum Gasteiger partial charge on any atom is -0.395 e. The zero-order chi connectivity index (χ0) is 13.4. The van der Waals surface area contributed by atoms with E-state index in [0.29, 0.717) is 11.3 Å². The Morgan fingerprint density at radius 2 is 2.33 bits per heavy atom. The second-order valence-electron chi connectivity index (χ2n) is 4.01. The number of unbranched alkanes of at least 4 members (excludes halogenated alkanes) is 1. The first kappa shape index (κ1) is 14.7. The largest absolute Gasteiger partial charge is 0.395 e. The highest BCUT2D eigenvalue weighted by atomic mass is 32.1. The summed E-state index contributed by atoms with van der Waals surface area (Å²) in [6.07, 6.45) is 2.54. The Morgan fingerprint density at radius 1 is 1.56 bits per heavy atom. The standard InChI is InChI=1S/C14H19NO2S/c1-3-4-8-15-14(17)13-10-11(2)12(18-13)7-5-6-9-16/h10,16H,3-4,6,8-9H2,1-2H3,(H,15,17). The predicted octanol–water partition coefficient (Wildman–Crippen LogP) is 2.32. The van der Waals surface area contributed by atoms with Gasteiger partial charge in [-0.2, -0.15) is 0 Å². The maximum absolute atomic E-state index is 11.8. The topological polar surface area (TPSA) is 49.3 Å². The molecule has 0 fully saturated rings. The van der Waals surface area contributed by atoms with Crippen LogP contribution in [0.3, 0.4) is 0 Å². The maximum Gasteiger partial charge on any atom is 0.261 e. The lowest BCUT2D eigenvalue weighted by atomic mass is 10.2. The van der Waals surface area contributed by atoms with Crippen LogP contribution in [0.2, 0.25) is 0 Å². The third-order valence-electron chi connectivity index (χ3n) is 2.40. The van der Waals surface area contributed by atoms with Gasteiger partial charge in [0.2, 0.25) is 0 Å². The van der Waals surface area contributed by atoms with Crippen molar-refractivity contribution in [2.45, 2.75) is 33.1 Å². The van der Waals surface area contributed by atoms with E-state index in [2.05, 4.69) is 24.1 Å². The molecule has 18 heavy (non-hydrogen) atoms. The lowest BCUT2D eigenvalue weighted by Gasteiger charge is -2.00. The number of amides is 1. The molecule has 1 aromatic heterocycles.